The van der Waals surface area contributed by atoms with Gasteiger partial charge in [-0.3, -0.25) is 0 Å². The summed E-state index contributed by atoms with van der Waals surface area (Å²) < 4.78 is 0. The Balaban J connectivity index is 2.96. The zero-order chi connectivity index (χ0) is 8.97. The van der Waals surface area contributed by atoms with Gasteiger partial charge >= 0.3 is 0 Å². The van der Waals surface area contributed by atoms with Crippen LogP contribution in [0.15, 0.2) is 24.3 Å². The summed E-state index contributed by atoms with van der Waals surface area (Å²) in [6, 6.07) is 8.18. The molecule has 0 aromatic heterocycles. The van der Waals surface area contributed by atoms with Crippen LogP contribution in [0.2, 0.25) is 0 Å². The van der Waals surface area contributed by atoms with Crippen LogP contribution >= 0.6 is 0 Å². The molecule has 0 saturated heterocycles. The summed E-state index contributed by atoms with van der Waals surface area (Å²) in [7, 11) is 0. The van der Waals surface area contributed by atoms with Gasteiger partial charge in [0.25, 0.3) is 0 Å². The van der Waals surface area contributed by atoms with Gasteiger partial charge in [0.15, 0.2) is 0 Å². The number of rotatable bonds is 3. The summed E-state index contributed by atoms with van der Waals surface area (Å²) >= 11 is 0. The van der Waals surface area contributed by atoms with Crippen molar-refractivity contribution < 1.29 is 0 Å². The first-order valence-corrected chi connectivity index (χ1v) is 4.33. The van der Waals surface area contributed by atoms with E-state index in [9.17, 15) is 0 Å². The van der Waals surface area contributed by atoms with Gasteiger partial charge in [-0.2, -0.15) is 0 Å². The standard InChI is InChI=1S/C10H16N2/c1-2-8-5-3-4-6-9(8)10(12)7-11/h3-6,10H,2,7,11-12H2,1H3/t10-/m0/s1. The Morgan fingerprint density at radius 2 is 2.00 bits per heavy atom. The van der Waals surface area contributed by atoms with Crippen molar-refractivity contribution in [2.24, 2.45) is 11.5 Å². The van der Waals surface area contributed by atoms with Gasteiger partial charge in [0.2, 0.25) is 0 Å². The third kappa shape index (κ3) is 1.84. The molecule has 1 rings (SSSR count). The molecule has 0 fully saturated rings. The quantitative estimate of drug-likeness (QED) is 0.705. The van der Waals surface area contributed by atoms with Crippen molar-refractivity contribution in [1.29, 1.82) is 0 Å². The maximum atomic E-state index is 5.85. The molecule has 0 amide bonds. The van der Waals surface area contributed by atoms with E-state index in [-0.39, 0.29) is 6.04 Å². The lowest BCUT2D eigenvalue weighted by Gasteiger charge is -2.13. The van der Waals surface area contributed by atoms with E-state index in [4.69, 9.17) is 11.5 Å². The van der Waals surface area contributed by atoms with Gasteiger partial charge in [-0.05, 0) is 17.5 Å². The van der Waals surface area contributed by atoms with Crippen molar-refractivity contribution in [2.75, 3.05) is 6.54 Å². The van der Waals surface area contributed by atoms with Crippen molar-refractivity contribution >= 4 is 0 Å². The van der Waals surface area contributed by atoms with Crippen LogP contribution in [0, 0.1) is 0 Å². The molecule has 2 heteroatoms. The monoisotopic (exact) mass is 164 g/mol. The van der Waals surface area contributed by atoms with Crippen LogP contribution in [0.1, 0.15) is 24.1 Å². The molecule has 2 nitrogen and oxygen atoms in total. The summed E-state index contributed by atoms with van der Waals surface area (Å²) in [5.41, 5.74) is 13.8. The lowest BCUT2D eigenvalue weighted by atomic mass is 9.99. The van der Waals surface area contributed by atoms with Gasteiger partial charge in [-0.1, -0.05) is 31.2 Å². The van der Waals surface area contributed by atoms with E-state index in [1.165, 1.54) is 11.1 Å². The summed E-state index contributed by atoms with van der Waals surface area (Å²) in [4.78, 5) is 0. The Morgan fingerprint density at radius 3 is 2.58 bits per heavy atom. The van der Waals surface area contributed by atoms with E-state index in [2.05, 4.69) is 19.1 Å². The zero-order valence-corrected chi connectivity index (χ0v) is 7.46. The van der Waals surface area contributed by atoms with E-state index in [1.807, 2.05) is 12.1 Å². The molecule has 1 aromatic rings. The van der Waals surface area contributed by atoms with Crippen molar-refractivity contribution in [3.8, 4) is 0 Å². The summed E-state index contributed by atoms with van der Waals surface area (Å²) in [6.07, 6.45) is 1.02. The number of aryl methyl sites for hydroxylation is 1. The van der Waals surface area contributed by atoms with Crippen LogP contribution in [-0.2, 0) is 6.42 Å². The Kier molecular flexibility index (Phi) is 3.26. The number of hydrogen-bond donors (Lipinski definition) is 2. The summed E-state index contributed by atoms with van der Waals surface area (Å²) in [6.45, 7) is 2.64. The topological polar surface area (TPSA) is 52.0 Å². The Hall–Kier alpha value is -0.860. The molecule has 0 unspecified atom stereocenters. The predicted molar refractivity (Wildman–Crippen MR) is 51.8 cm³/mol. The van der Waals surface area contributed by atoms with Crippen molar-refractivity contribution in [3.05, 3.63) is 35.4 Å². The highest BCUT2D eigenvalue weighted by Gasteiger charge is 2.06. The minimum atomic E-state index is -0.0128. The first kappa shape index (κ1) is 9.23. The van der Waals surface area contributed by atoms with Crippen molar-refractivity contribution in [3.63, 3.8) is 0 Å². The Morgan fingerprint density at radius 1 is 1.33 bits per heavy atom. The van der Waals surface area contributed by atoms with Crippen LogP contribution in [0.3, 0.4) is 0 Å². The van der Waals surface area contributed by atoms with Crippen molar-refractivity contribution in [2.45, 2.75) is 19.4 Å². The fourth-order valence-electron chi connectivity index (χ4n) is 1.34. The second-order valence-corrected chi connectivity index (χ2v) is 2.89. The second kappa shape index (κ2) is 4.24. The van der Waals surface area contributed by atoms with Crippen LogP contribution in [-0.4, -0.2) is 6.54 Å². The van der Waals surface area contributed by atoms with Crippen LogP contribution < -0.4 is 11.5 Å². The van der Waals surface area contributed by atoms with E-state index >= 15 is 0 Å². The van der Waals surface area contributed by atoms with E-state index in [1.54, 1.807) is 0 Å². The average Bonchev–Trinajstić information content (AvgIpc) is 2.16. The highest BCUT2D eigenvalue weighted by Crippen LogP contribution is 2.15. The first-order chi connectivity index (χ1) is 5.79. The number of nitrogens with two attached hydrogens (primary N) is 2. The second-order valence-electron chi connectivity index (χ2n) is 2.89. The average molecular weight is 164 g/mol. The minimum absolute atomic E-state index is 0.0128. The normalized spacial score (nSPS) is 12.9. The predicted octanol–water partition coefficient (Wildman–Crippen LogP) is 1.21. The third-order valence-electron chi connectivity index (χ3n) is 2.09. The van der Waals surface area contributed by atoms with Crippen LogP contribution in [0.4, 0.5) is 0 Å². The molecule has 1 aromatic carbocycles. The molecule has 4 N–H and O–H groups in total. The van der Waals surface area contributed by atoms with Crippen LogP contribution in [0.25, 0.3) is 0 Å². The molecule has 0 aliphatic rings. The fourth-order valence-corrected chi connectivity index (χ4v) is 1.34. The highest BCUT2D eigenvalue weighted by molar-refractivity contribution is 5.29. The molecule has 1 atom stereocenters. The largest absolute Gasteiger partial charge is 0.329 e. The molecule has 0 bridgehead atoms. The Bertz CT molecular complexity index is 245. The van der Waals surface area contributed by atoms with E-state index in [0.29, 0.717) is 6.54 Å². The minimum Gasteiger partial charge on any atom is -0.329 e. The van der Waals surface area contributed by atoms with Gasteiger partial charge in [0.05, 0.1) is 0 Å². The highest BCUT2D eigenvalue weighted by atomic mass is 14.7. The van der Waals surface area contributed by atoms with Gasteiger partial charge < -0.3 is 11.5 Å². The molecule has 12 heavy (non-hydrogen) atoms. The maximum absolute atomic E-state index is 5.85. The SMILES string of the molecule is CCc1ccccc1[C@@H](N)CN. The lowest BCUT2D eigenvalue weighted by Crippen LogP contribution is -2.21. The molecule has 0 saturated carbocycles. The van der Waals surface area contributed by atoms with Gasteiger partial charge in [-0.15, -0.1) is 0 Å². The molecule has 0 radical (unpaired) electrons. The maximum Gasteiger partial charge on any atom is 0.0422 e. The lowest BCUT2D eigenvalue weighted by molar-refractivity contribution is 0.727. The van der Waals surface area contributed by atoms with Crippen molar-refractivity contribution in [1.82, 2.24) is 0 Å². The van der Waals surface area contributed by atoms with Gasteiger partial charge in [0, 0.05) is 12.6 Å². The summed E-state index contributed by atoms with van der Waals surface area (Å²) in [5.74, 6) is 0. The van der Waals surface area contributed by atoms with E-state index in [0.717, 1.165) is 6.42 Å². The fraction of sp³-hybridized carbons (Fsp3) is 0.400. The summed E-state index contributed by atoms with van der Waals surface area (Å²) in [5, 5.41) is 0. The number of benzene rings is 1. The van der Waals surface area contributed by atoms with Gasteiger partial charge in [-0.25, -0.2) is 0 Å². The molecular weight excluding hydrogens is 148 g/mol. The number of hydrogen-bond acceptors (Lipinski definition) is 2. The zero-order valence-electron chi connectivity index (χ0n) is 7.46. The third-order valence-corrected chi connectivity index (χ3v) is 2.09. The molecule has 66 valence electrons. The molecule has 0 aliphatic carbocycles. The smallest absolute Gasteiger partial charge is 0.0422 e. The molecule has 0 spiro atoms. The first-order valence-electron chi connectivity index (χ1n) is 4.33. The molecule has 0 aliphatic heterocycles. The Labute approximate surface area is 73.6 Å². The van der Waals surface area contributed by atoms with E-state index < -0.39 is 0 Å². The molecular formula is C10H16N2. The molecule has 0 heterocycles. The van der Waals surface area contributed by atoms with Gasteiger partial charge in [0.1, 0.15) is 0 Å². The van der Waals surface area contributed by atoms with Crippen LogP contribution in [0.5, 0.6) is 0 Å².